The molecule has 1 aromatic rings. The van der Waals surface area contributed by atoms with E-state index in [2.05, 4.69) is 10.2 Å². The summed E-state index contributed by atoms with van der Waals surface area (Å²) in [5, 5.41) is 2.91. The minimum atomic E-state index is 0.0240. The molecule has 0 bridgehead atoms. The predicted octanol–water partition coefficient (Wildman–Crippen LogP) is 2.52. The Hall–Kier alpha value is -1.75. The molecule has 0 unspecified atom stereocenters. The normalized spacial score (nSPS) is 15.5. The lowest BCUT2D eigenvalue weighted by molar-refractivity contribution is -0.116. The highest BCUT2D eigenvalue weighted by Gasteiger charge is 2.12. The fourth-order valence-electron chi connectivity index (χ4n) is 2.55. The number of methoxy groups -OCH3 is 2. The summed E-state index contributed by atoms with van der Waals surface area (Å²) in [5.74, 6) is 1.36. The molecule has 5 heteroatoms. The Morgan fingerprint density at radius 3 is 2.29 bits per heavy atom. The smallest absolute Gasteiger partial charge is 0.225 e. The summed E-state index contributed by atoms with van der Waals surface area (Å²) < 4.78 is 10.4. The van der Waals surface area contributed by atoms with Crippen LogP contribution in [-0.4, -0.2) is 44.7 Å². The monoisotopic (exact) mass is 292 g/mol. The van der Waals surface area contributed by atoms with Crippen LogP contribution in [0.3, 0.4) is 0 Å². The van der Waals surface area contributed by atoms with E-state index in [1.807, 2.05) is 0 Å². The number of carbonyl (C=O) groups is 1. The van der Waals surface area contributed by atoms with Crippen molar-refractivity contribution in [2.45, 2.75) is 25.7 Å². The van der Waals surface area contributed by atoms with Crippen molar-refractivity contribution in [1.82, 2.24) is 4.90 Å². The van der Waals surface area contributed by atoms with Crippen molar-refractivity contribution in [2.24, 2.45) is 0 Å². The molecule has 2 rings (SSSR count). The maximum atomic E-state index is 12.0. The number of benzene rings is 1. The fraction of sp³-hybridized carbons (Fsp3) is 0.562. The molecule has 1 fully saturated rings. The van der Waals surface area contributed by atoms with Gasteiger partial charge in [0, 0.05) is 36.9 Å². The van der Waals surface area contributed by atoms with E-state index in [0.29, 0.717) is 23.6 Å². The zero-order valence-electron chi connectivity index (χ0n) is 12.9. The number of amides is 1. The molecule has 0 radical (unpaired) electrons. The third kappa shape index (κ3) is 4.93. The molecule has 0 spiro atoms. The zero-order valence-corrected chi connectivity index (χ0v) is 12.9. The molecular formula is C16H24N2O3. The van der Waals surface area contributed by atoms with Crippen molar-refractivity contribution in [3.05, 3.63) is 18.2 Å². The third-order valence-corrected chi connectivity index (χ3v) is 3.74. The van der Waals surface area contributed by atoms with Crippen LogP contribution in [0.5, 0.6) is 11.5 Å². The molecule has 1 aliphatic heterocycles. The van der Waals surface area contributed by atoms with E-state index in [1.165, 1.54) is 19.3 Å². The van der Waals surface area contributed by atoms with Crippen LogP contribution in [0.25, 0.3) is 0 Å². The Morgan fingerprint density at radius 2 is 1.71 bits per heavy atom. The van der Waals surface area contributed by atoms with E-state index in [4.69, 9.17) is 9.47 Å². The van der Waals surface area contributed by atoms with Gasteiger partial charge in [-0.1, -0.05) is 6.42 Å². The first kappa shape index (κ1) is 15.6. The van der Waals surface area contributed by atoms with Gasteiger partial charge in [-0.15, -0.1) is 0 Å². The van der Waals surface area contributed by atoms with Crippen LogP contribution in [0.2, 0.25) is 0 Å². The van der Waals surface area contributed by atoms with Crippen LogP contribution >= 0.6 is 0 Å². The molecule has 1 heterocycles. The lowest BCUT2D eigenvalue weighted by atomic mass is 10.1. The second kappa shape index (κ2) is 7.88. The topological polar surface area (TPSA) is 50.8 Å². The summed E-state index contributed by atoms with van der Waals surface area (Å²) in [6, 6.07) is 5.37. The summed E-state index contributed by atoms with van der Waals surface area (Å²) in [6.07, 6.45) is 4.31. The largest absolute Gasteiger partial charge is 0.497 e. The first-order valence-electron chi connectivity index (χ1n) is 7.46. The van der Waals surface area contributed by atoms with Crippen molar-refractivity contribution >= 4 is 11.6 Å². The van der Waals surface area contributed by atoms with Gasteiger partial charge in [-0.2, -0.15) is 0 Å². The lowest BCUT2D eigenvalue weighted by Crippen LogP contribution is -2.32. The van der Waals surface area contributed by atoms with E-state index < -0.39 is 0 Å². The number of piperidine rings is 1. The second-order valence-corrected chi connectivity index (χ2v) is 5.30. The molecule has 1 amide bonds. The number of ether oxygens (including phenoxy) is 2. The van der Waals surface area contributed by atoms with Crippen LogP contribution in [0, 0.1) is 0 Å². The van der Waals surface area contributed by atoms with Gasteiger partial charge in [0.1, 0.15) is 11.5 Å². The highest BCUT2D eigenvalue weighted by Crippen LogP contribution is 2.25. The van der Waals surface area contributed by atoms with Crippen molar-refractivity contribution < 1.29 is 14.3 Å². The number of nitrogens with zero attached hydrogens (tertiary/aromatic N) is 1. The molecule has 5 nitrogen and oxygen atoms in total. The van der Waals surface area contributed by atoms with Crippen molar-refractivity contribution in [2.75, 3.05) is 39.2 Å². The van der Waals surface area contributed by atoms with Gasteiger partial charge < -0.3 is 19.7 Å². The van der Waals surface area contributed by atoms with E-state index in [0.717, 1.165) is 19.6 Å². The van der Waals surface area contributed by atoms with Crippen molar-refractivity contribution in [1.29, 1.82) is 0 Å². The van der Waals surface area contributed by atoms with Crippen molar-refractivity contribution in [3.63, 3.8) is 0 Å². The fourth-order valence-corrected chi connectivity index (χ4v) is 2.55. The van der Waals surface area contributed by atoms with Crippen LogP contribution in [0.15, 0.2) is 18.2 Å². The minimum absolute atomic E-state index is 0.0240. The molecule has 1 saturated heterocycles. The molecule has 1 N–H and O–H groups in total. The quantitative estimate of drug-likeness (QED) is 0.875. The van der Waals surface area contributed by atoms with Gasteiger partial charge in [0.15, 0.2) is 0 Å². The standard InChI is InChI=1S/C16H24N2O3/c1-20-14-10-13(11-15(12-14)21-2)17-16(19)6-9-18-7-4-3-5-8-18/h10-12H,3-9H2,1-2H3,(H,17,19). The van der Waals surface area contributed by atoms with Gasteiger partial charge in [-0.25, -0.2) is 0 Å². The average molecular weight is 292 g/mol. The Kier molecular flexibility index (Phi) is 5.87. The van der Waals surface area contributed by atoms with E-state index >= 15 is 0 Å². The van der Waals surface area contributed by atoms with Crippen LogP contribution in [-0.2, 0) is 4.79 Å². The summed E-state index contributed by atoms with van der Waals surface area (Å²) in [5.41, 5.74) is 0.704. The summed E-state index contributed by atoms with van der Waals surface area (Å²) >= 11 is 0. The molecule has 0 saturated carbocycles. The SMILES string of the molecule is COc1cc(NC(=O)CCN2CCCCC2)cc(OC)c1. The van der Waals surface area contributed by atoms with Crippen LogP contribution in [0.4, 0.5) is 5.69 Å². The van der Waals surface area contributed by atoms with Crippen LogP contribution in [0.1, 0.15) is 25.7 Å². The minimum Gasteiger partial charge on any atom is -0.497 e. The van der Waals surface area contributed by atoms with Gasteiger partial charge in [-0.05, 0) is 25.9 Å². The number of rotatable bonds is 6. The van der Waals surface area contributed by atoms with Gasteiger partial charge in [-0.3, -0.25) is 4.79 Å². The first-order chi connectivity index (χ1) is 10.2. The van der Waals surface area contributed by atoms with Gasteiger partial charge in [0.05, 0.1) is 14.2 Å². The molecule has 0 aromatic heterocycles. The molecule has 0 atom stereocenters. The van der Waals surface area contributed by atoms with Gasteiger partial charge in [0.2, 0.25) is 5.91 Å². The van der Waals surface area contributed by atoms with Gasteiger partial charge in [0.25, 0.3) is 0 Å². The second-order valence-electron chi connectivity index (χ2n) is 5.30. The Bertz CT molecular complexity index is 448. The van der Waals surface area contributed by atoms with E-state index in [1.54, 1.807) is 32.4 Å². The first-order valence-corrected chi connectivity index (χ1v) is 7.46. The van der Waals surface area contributed by atoms with Crippen molar-refractivity contribution in [3.8, 4) is 11.5 Å². The highest BCUT2D eigenvalue weighted by molar-refractivity contribution is 5.91. The number of nitrogens with one attached hydrogen (secondary N) is 1. The molecule has 21 heavy (non-hydrogen) atoms. The Balaban J connectivity index is 1.86. The van der Waals surface area contributed by atoms with E-state index in [9.17, 15) is 4.79 Å². The summed E-state index contributed by atoms with van der Waals surface area (Å²) in [6.45, 7) is 3.05. The summed E-state index contributed by atoms with van der Waals surface area (Å²) in [4.78, 5) is 14.4. The number of likely N-dealkylation sites (tertiary alicyclic amines) is 1. The Morgan fingerprint density at radius 1 is 1.10 bits per heavy atom. The molecule has 0 aliphatic carbocycles. The molecule has 116 valence electrons. The lowest BCUT2D eigenvalue weighted by Gasteiger charge is -2.25. The van der Waals surface area contributed by atoms with E-state index in [-0.39, 0.29) is 5.91 Å². The maximum absolute atomic E-state index is 12.0. The number of hydrogen-bond donors (Lipinski definition) is 1. The number of carbonyl (C=O) groups excluding carboxylic acids is 1. The average Bonchev–Trinajstić information content (AvgIpc) is 2.53. The van der Waals surface area contributed by atoms with Crippen LogP contribution < -0.4 is 14.8 Å². The highest BCUT2D eigenvalue weighted by atomic mass is 16.5. The molecule has 1 aliphatic rings. The zero-order chi connectivity index (χ0) is 15.1. The molecule has 1 aromatic carbocycles. The number of hydrogen-bond acceptors (Lipinski definition) is 4. The maximum Gasteiger partial charge on any atom is 0.225 e. The number of anilines is 1. The predicted molar refractivity (Wildman–Crippen MR) is 83.1 cm³/mol. The Labute approximate surface area is 126 Å². The summed E-state index contributed by atoms with van der Waals surface area (Å²) in [7, 11) is 3.19. The molecular weight excluding hydrogens is 268 g/mol. The van der Waals surface area contributed by atoms with Gasteiger partial charge >= 0.3 is 0 Å². The third-order valence-electron chi connectivity index (χ3n) is 3.74.